The fraction of sp³-hybridized carbons (Fsp3) is 0.250. The first kappa shape index (κ1) is 18.8. The van der Waals surface area contributed by atoms with Gasteiger partial charge in [-0.1, -0.05) is 12.1 Å². The molecule has 29 heavy (non-hydrogen) atoms. The number of imidazole rings is 1. The van der Waals surface area contributed by atoms with Crippen LogP contribution in [0.25, 0.3) is 11.3 Å². The lowest BCUT2D eigenvalue weighted by Crippen LogP contribution is -2.47. The van der Waals surface area contributed by atoms with E-state index in [0.29, 0.717) is 35.9 Å². The van der Waals surface area contributed by atoms with E-state index in [1.165, 1.54) is 6.07 Å². The van der Waals surface area contributed by atoms with Crippen molar-refractivity contribution in [2.45, 2.75) is 6.18 Å². The highest BCUT2D eigenvalue weighted by Gasteiger charge is 2.30. The van der Waals surface area contributed by atoms with Crippen molar-refractivity contribution >= 4 is 11.8 Å². The van der Waals surface area contributed by atoms with Crippen LogP contribution in [0.1, 0.15) is 11.1 Å². The molecule has 1 fully saturated rings. The molecule has 9 heteroatoms. The largest absolute Gasteiger partial charge is 0.416 e. The summed E-state index contributed by atoms with van der Waals surface area (Å²) in [6.45, 7) is 2.82. The number of rotatable bonds is 3. The third kappa shape index (κ3) is 4.01. The molecule has 148 valence electrons. The summed E-state index contributed by atoms with van der Waals surface area (Å²) in [5.41, 5.74) is 0.820. The molecule has 0 aliphatic carbocycles. The molecule has 0 bridgehead atoms. The zero-order valence-corrected chi connectivity index (χ0v) is 15.3. The molecule has 4 rings (SSSR count). The summed E-state index contributed by atoms with van der Waals surface area (Å²) in [6.07, 6.45) is -1.27. The number of hydrogen-bond acceptors (Lipinski definition) is 5. The molecule has 1 N–H and O–H groups in total. The van der Waals surface area contributed by atoms with Gasteiger partial charge in [-0.05, 0) is 24.3 Å². The Kier molecular flexibility index (Phi) is 4.84. The topological polar surface area (TPSA) is 71.8 Å². The summed E-state index contributed by atoms with van der Waals surface area (Å²) < 4.78 is 38.8. The van der Waals surface area contributed by atoms with Gasteiger partial charge in [-0.25, -0.2) is 9.97 Å². The van der Waals surface area contributed by atoms with Crippen LogP contribution in [-0.2, 0) is 6.18 Å². The quantitative estimate of drug-likeness (QED) is 0.729. The summed E-state index contributed by atoms with van der Waals surface area (Å²) in [4.78, 5) is 16.0. The second-order valence-electron chi connectivity index (χ2n) is 6.69. The van der Waals surface area contributed by atoms with Crippen LogP contribution >= 0.6 is 0 Å². The number of hydrogen-bond donors (Lipinski definition) is 1. The molecule has 0 unspecified atom stereocenters. The molecule has 0 atom stereocenters. The van der Waals surface area contributed by atoms with Gasteiger partial charge in [-0.15, -0.1) is 0 Å². The Balaban J connectivity index is 1.44. The third-order valence-corrected chi connectivity index (χ3v) is 4.84. The van der Waals surface area contributed by atoms with E-state index in [1.54, 1.807) is 24.5 Å². The SMILES string of the molecule is N#Cc1ccc(N2CCN(c3ncc(-c4cccc(C(F)(F)F)c4)[nH]3)CC2)nc1. The number of alkyl halides is 3. The van der Waals surface area contributed by atoms with Crippen molar-refractivity contribution in [1.29, 1.82) is 5.26 Å². The number of aromatic amines is 1. The summed E-state index contributed by atoms with van der Waals surface area (Å²) >= 11 is 0. The van der Waals surface area contributed by atoms with Gasteiger partial charge in [0.15, 0.2) is 0 Å². The van der Waals surface area contributed by atoms with E-state index in [-0.39, 0.29) is 0 Å². The van der Waals surface area contributed by atoms with Crippen LogP contribution in [0.4, 0.5) is 24.9 Å². The minimum atomic E-state index is -4.38. The highest BCUT2D eigenvalue weighted by atomic mass is 19.4. The fourth-order valence-electron chi connectivity index (χ4n) is 3.27. The molecule has 3 heterocycles. The molecule has 0 amide bonds. The van der Waals surface area contributed by atoms with Gasteiger partial charge in [0.2, 0.25) is 5.95 Å². The van der Waals surface area contributed by atoms with Gasteiger partial charge in [-0.3, -0.25) is 0 Å². The first-order valence-electron chi connectivity index (χ1n) is 9.03. The van der Waals surface area contributed by atoms with Crippen LogP contribution in [0.3, 0.4) is 0 Å². The average molecular weight is 398 g/mol. The lowest BCUT2D eigenvalue weighted by Gasteiger charge is -2.35. The van der Waals surface area contributed by atoms with E-state index < -0.39 is 11.7 Å². The minimum absolute atomic E-state index is 0.444. The average Bonchev–Trinajstić information content (AvgIpc) is 3.24. The molecule has 3 aromatic rings. The normalized spacial score (nSPS) is 14.7. The number of anilines is 2. The number of nitriles is 1. The van der Waals surface area contributed by atoms with Gasteiger partial charge in [0.1, 0.15) is 11.9 Å². The number of aromatic nitrogens is 3. The van der Waals surface area contributed by atoms with Crippen LogP contribution in [0.15, 0.2) is 48.8 Å². The zero-order chi connectivity index (χ0) is 20.4. The van der Waals surface area contributed by atoms with Crippen molar-refractivity contribution in [2.75, 3.05) is 36.0 Å². The Morgan fingerprint density at radius 2 is 1.72 bits per heavy atom. The van der Waals surface area contributed by atoms with Crippen LogP contribution in [0, 0.1) is 11.3 Å². The molecule has 6 nitrogen and oxygen atoms in total. The predicted molar refractivity (Wildman–Crippen MR) is 102 cm³/mol. The summed E-state index contributed by atoms with van der Waals surface area (Å²) in [5, 5.41) is 8.86. The Labute approximate surface area is 165 Å². The first-order chi connectivity index (χ1) is 13.9. The van der Waals surface area contributed by atoms with Crippen molar-refractivity contribution in [2.24, 2.45) is 0 Å². The van der Waals surface area contributed by atoms with Crippen molar-refractivity contribution in [3.63, 3.8) is 0 Å². The molecule has 1 saturated heterocycles. The van der Waals surface area contributed by atoms with Crippen LogP contribution in [0.2, 0.25) is 0 Å². The number of benzene rings is 1. The van der Waals surface area contributed by atoms with E-state index in [1.807, 2.05) is 12.1 Å². The Hall–Kier alpha value is -3.54. The maximum absolute atomic E-state index is 12.9. The monoisotopic (exact) mass is 398 g/mol. The number of piperazine rings is 1. The van der Waals surface area contributed by atoms with Gasteiger partial charge in [0.05, 0.1) is 23.0 Å². The molecule has 0 spiro atoms. The lowest BCUT2D eigenvalue weighted by molar-refractivity contribution is -0.137. The predicted octanol–water partition coefficient (Wildman–Crippen LogP) is 3.69. The highest BCUT2D eigenvalue weighted by molar-refractivity contribution is 5.62. The van der Waals surface area contributed by atoms with Gasteiger partial charge >= 0.3 is 6.18 Å². The van der Waals surface area contributed by atoms with Gasteiger partial charge in [0.25, 0.3) is 0 Å². The second-order valence-corrected chi connectivity index (χ2v) is 6.69. The summed E-state index contributed by atoms with van der Waals surface area (Å²) in [5.74, 6) is 1.44. The number of halogens is 3. The van der Waals surface area contributed by atoms with Crippen LogP contribution in [-0.4, -0.2) is 41.1 Å². The first-order valence-corrected chi connectivity index (χ1v) is 9.03. The van der Waals surface area contributed by atoms with Crippen molar-refractivity contribution < 1.29 is 13.2 Å². The van der Waals surface area contributed by atoms with E-state index in [0.717, 1.165) is 31.0 Å². The Morgan fingerprint density at radius 3 is 2.38 bits per heavy atom. The molecule has 1 aliphatic rings. The van der Waals surface area contributed by atoms with Crippen LogP contribution < -0.4 is 9.80 Å². The second kappa shape index (κ2) is 7.47. The van der Waals surface area contributed by atoms with Gasteiger partial charge in [0, 0.05) is 37.9 Å². The molecular formula is C20H17F3N6. The molecule has 1 aliphatic heterocycles. The number of nitrogens with zero attached hydrogens (tertiary/aromatic N) is 5. The van der Waals surface area contributed by atoms with E-state index >= 15 is 0 Å². The number of nitrogens with one attached hydrogen (secondary N) is 1. The fourth-order valence-corrected chi connectivity index (χ4v) is 3.27. The molecule has 1 aromatic carbocycles. The molecule has 2 aromatic heterocycles. The maximum atomic E-state index is 12.9. The van der Waals surface area contributed by atoms with Gasteiger partial charge < -0.3 is 14.8 Å². The summed E-state index contributed by atoms with van der Waals surface area (Å²) in [7, 11) is 0. The Bertz CT molecular complexity index is 1030. The smallest absolute Gasteiger partial charge is 0.353 e. The maximum Gasteiger partial charge on any atom is 0.416 e. The summed E-state index contributed by atoms with van der Waals surface area (Å²) in [6, 6.07) is 10.8. The third-order valence-electron chi connectivity index (χ3n) is 4.84. The number of pyridine rings is 1. The van der Waals surface area contributed by atoms with E-state index in [9.17, 15) is 13.2 Å². The van der Waals surface area contributed by atoms with Gasteiger partial charge in [-0.2, -0.15) is 18.4 Å². The van der Waals surface area contributed by atoms with E-state index in [4.69, 9.17) is 5.26 Å². The molecule has 0 saturated carbocycles. The zero-order valence-electron chi connectivity index (χ0n) is 15.3. The standard InChI is InChI=1S/C20H17F3N6/c21-20(22,23)16-3-1-2-15(10-16)17-13-26-19(27-17)29-8-6-28(7-9-29)18-5-4-14(11-24)12-25-18/h1-5,10,12-13H,6-9H2,(H,26,27). The van der Waals surface area contributed by atoms with Crippen molar-refractivity contribution in [1.82, 2.24) is 15.0 Å². The number of H-pyrrole nitrogens is 1. The van der Waals surface area contributed by atoms with Crippen LogP contribution in [0.5, 0.6) is 0 Å². The minimum Gasteiger partial charge on any atom is -0.353 e. The van der Waals surface area contributed by atoms with E-state index in [2.05, 4.69) is 24.8 Å². The van der Waals surface area contributed by atoms with Crippen molar-refractivity contribution in [3.05, 3.63) is 59.9 Å². The highest BCUT2D eigenvalue weighted by Crippen LogP contribution is 2.32. The molecule has 0 radical (unpaired) electrons. The van der Waals surface area contributed by atoms with Crippen molar-refractivity contribution in [3.8, 4) is 17.3 Å². The molecular weight excluding hydrogens is 381 g/mol. The Morgan fingerprint density at radius 1 is 0.966 bits per heavy atom. The lowest BCUT2D eigenvalue weighted by atomic mass is 10.1.